The molecule has 0 aliphatic carbocycles. The predicted molar refractivity (Wildman–Crippen MR) is 59.8 cm³/mol. The van der Waals surface area contributed by atoms with Crippen LogP contribution >= 0.6 is 0 Å². The van der Waals surface area contributed by atoms with Crippen molar-refractivity contribution in [2.75, 3.05) is 0 Å². The van der Waals surface area contributed by atoms with Crippen LogP contribution in [0.2, 0.25) is 0 Å². The van der Waals surface area contributed by atoms with Crippen LogP contribution in [0.25, 0.3) is 0 Å². The van der Waals surface area contributed by atoms with E-state index in [-0.39, 0.29) is 0 Å². The summed E-state index contributed by atoms with van der Waals surface area (Å²) in [6, 6.07) is 8.25. The molecule has 0 N–H and O–H groups in total. The van der Waals surface area contributed by atoms with Crippen LogP contribution in [0.4, 0.5) is 0 Å². The zero-order valence-corrected chi connectivity index (χ0v) is 8.80. The van der Waals surface area contributed by atoms with Gasteiger partial charge in [-0.25, -0.2) is 0 Å². The molecule has 0 aliphatic rings. The predicted octanol–water partition coefficient (Wildman–Crippen LogP) is 2.56. The Labute approximate surface area is 82.8 Å². The molecule has 0 saturated carbocycles. The molecule has 2 radical (unpaired) electrons. The van der Waals surface area contributed by atoms with Gasteiger partial charge in [0.25, 0.3) is 0 Å². The molecule has 1 aromatic rings. The van der Waals surface area contributed by atoms with Crippen LogP contribution in [-0.2, 0) is 5.41 Å². The van der Waals surface area contributed by atoms with E-state index >= 15 is 0 Å². The first-order chi connectivity index (χ1) is 6.12. The van der Waals surface area contributed by atoms with Crippen molar-refractivity contribution in [3.05, 3.63) is 29.8 Å². The number of rotatable bonds is 3. The van der Waals surface area contributed by atoms with E-state index in [9.17, 15) is 0 Å². The van der Waals surface area contributed by atoms with Crippen molar-refractivity contribution in [2.24, 2.45) is 0 Å². The molecule has 0 aromatic heterocycles. The molecular weight excluding hydrogens is 155 g/mol. The van der Waals surface area contributed by atoms with Gasteiger partial charge in [0.15, 0.2) is 0 Å². The van der Waals surface area contributed by atoms with Gasteiger partial charge >= 0.3 is 0 Å². The van der Waals surface area contributed by atoms with Crippen LogP contribution in [0, 0.1) is 0 Å². The van der Waals surface area contributed by atoms with E-state index in [4.69, 9.17) is 7.85 Å². The minimum absolute atomic E-state index is 0.313. The van der Waals surface area contributed by atoms with E-state index in [1.165, 1.54) is 18.4 Å². The van der Waals surface area contributed by atoms with E-state index in [0.29, 0.717) is 5.41 Å². The molecule has 0 fully saturated rings. The average molecular weight is 172 g/mol. The zero-order chi connectivity index (χ0) is 9.90. The van der Waals surface area contributed by atoms with Gasteiger partial charge in [0.05, 0.1) is 0 Å². The summed E-state index contributed by atoms with van der Waals surface area (Å²) in [6.45, 7) is 6.78. The van der Waals surface area contributed by atoms with E-state index in [1.54, 1.807) is 0 Å². The fourth-order valence-electron chi connectivity index (χ4n) is 1.54. The molecule has 0 aliphatic heterocycles. The highest BCUT2D eigenvalue weighted by Gasteiger charge is 2.21. The second-order valence-corrected chi connectivity index (χ2v) is 3.89. The molecule has 0 nitrogen and oxygen atoms in total. The first kappa shape index (κ1) is 10.4. The molecule has 13 heavy (non-hydrogen) atoms. The van der Waals surface area contributed by atoms with Crippen LogP contribution in [0.15, 0.2) is 24.3 Å². The van der Waals surface area contributed by atoms with E-state index in [1.807, 2.05) is 12.1 Å². The topological polar surface area (TPSA) is 0 Å². The lowest BCUT2D eigenvalue weighted by atomic mass is 9.77. The van der Waals surface area contributed by atoms with E-state index in [0.717, 1.165) is 5.46 Å². The molecule has 1 rings (SSSR count). The normalized spacial score (nSPS) is 11.6. The molecule has 0 spiro atoms. The second-order valence-electron chi connectivity index (χ2n) is 3.89. The lowest BCUT2D eigenvalue weighted by Crippen LogP contribution is -2.20. The highest BCUT2D eigenvalue weighted by Crippen LogP contribution is 2.29. The lowest BCUT2D eigenvalue weighted by Gasteiger charge is -2.27. The van der Waals surface area contributed by atoms with Crippen LogP contribution in [0.1, 0.15) is 39.2 Å². The molecular formula is C12H17B. The van der Waals surface area contributed by atoms with Gasteiger partial charge in [-0.2, -0.15) is 0 Å². The quantitative estimate of drug-likeness (QED) is 0.614. The first-order valence-corrected chi connectivity index (χ1v) is 4.98. The van der Waals surface area contributed by atoms with Crippen molar-refractivity contribution in [1.82, 2.24) is 0 Å². The van der Waals surface area contributed by atoms with E-state index in [2.05, 4.69) is 32.9 Å². The maximum Gasteiger partial charge on any atom is 0.113 e. The van der Waals surface area contributed by atoms with Gasteiger partial charge in [-0.15, -0.1) is 0 Å². The number of hydrogen-bond acceptors (Lipinski definition) is 0. The SMILES string of the molecule is [B]c1ccc(C(C)(CC)CC)cc1. The molecule has 0 heterocycles. The second kappa shape index (κ2) is 4.00. The summed E-state index contributed by atoms with van der Waals surface area (Å²) >= 11 is 0. The lowest BCUT2D eigenvalue weighted by molar-refractivity contribution is 0.439. The minimum Gasteiger partial charge on any atom is -0.0967 e. The standard InChI is InChI=1S/C12H17B/c1-4-12(3,5-2)10-6-8-11(13)9-7-10/h6-9H,4-5H2,1-3H3. The summed E-state index contributed by atoms with van der Waals surface area (Å²) in [4.78, 5) is 0. The maximum atomic E-state index is 5.65. The van der Waals surface area contributed by atoms with Gasteiger partial charge in [-0.3, -0.25) is 0 Å². The summed E-state index contributed by atoms with van der Waals surface area (Å²) in [6.07, 6.45) is 2.35. The highest BCUT2D eigenvalue weighted by atomic mass is 14.3. The first-order valence-electron chi connectivity index (χ1n) is 4.98. The third-order valence-corrected chi connectivity index (χ3v) is 3.17. The van der Waals surface area contributed by atoms with E-state index < -0.39 is 0 Å². The Morgan fingerprint density at radius 2 is 1.54 bits per heavy atom. The molecule has 0 unspecified atom stereocenters. The fourth-order valence-corrected chi connectivity index (χ4v) is 1.54. The summed E-state index contributed by atoms with van der Waals surface area (Å²) in [5.41, 5.74) is 2.55. The smallest absolute Gasteiger partial charge is 0.0967 e. The maximum absolute atomic E-state index is 5.65. The van der Waals surface area contributed by atoms with Gasteiger partial charge in [0.1, 0.15) is 7.85 Å². The Kier molecular flexibility index (Phi) is 3.19. The zero-order valence-electron chi connectivity index (χ0n) is 8.80. The summed E-state index contributed by atoms with van der Waals surface area (Å²) in [5, 5.41) is 0. The molecule has 1 heteroatoms. The number of hydrogen-bond donors (Lipinski definition) is 0. The Morgan fingerprint density at radius 3 is 1.92 bits per heavy atom. The highest BCUT2D eigenvalue weighted by molar-refractivity contribution is 6.32. The van der Waals surface area contributed by atoms with Gasteiger partial charge in [-0.1, -0.05) is 50.5 Å². The monoisotopic (exact) mass is 172 g/mol. The summed E-state index contributed by atoms with van der Waals surface area (Å²) in [5.74, 6) is 0. The van der Waals surface area contributed by atoms with Crippen LogP contribution in [0.3, 0.4) is 0 Å². The van der Waals surface area contributed by atoms with Crippen molar-refractivity contribution in [2.45, 2.75) is 39.0 Å². The van der Waals surface area contributed by atoms with Gasteiger partial charge < -0.3 is 0 Å². The van der Waals surface area contributed by atoms with Crippen molar-refractivity contribution >= 4 is 13.3 Å². The van der Waals surface area contributed by atoms with Crippen LogP contribution in [0.5, 0.6) is 0 Å². The molecule has 0 atom stereocenters. The largest absolute Gasteiger partial charge is 0.113 e. The summed E-state index contributed by atoms with van der Waals surface area (Å²) in [7, 11) is 5.65. The third kappa shape index (κ3) is 2.15. The fraction of sp³-hybridized carbons (Fsp3) is 0.500. The van der Waals surface area contributed by atoms with Crippen molar-refractivity contribution in [3.63, 3.8) is 0 Å². The molecule has 0 bridgehead atoms. The third-order valence-electron chi connectivity index (χ3n) is 3.17. The number of benzene rings is 1. The van der Waals surface area contributed by atoms with Gasteiger partial charge in [0, 0.05) is 0 Å². The van der Waals surface area contributed by atoms with Crippen LogP contribution in [-0.4, -0.2) is 7.85 Å². The van der Waals surface area contributed by atoms with Gasteiger partial charge in [0.2, 0.25) is 0 Å². The molecule has 1 aromatic carbocycles. The minimum atomic E-state index is 0.313. The van der Waals surface area contributed by atoms with Crippen molar-refractivity contribution in [1.29, 1.82) is 0 Å². The Balaban J connectivity index is 2.99. The Hall–Kier alpha value is -0.715. The van der Waals surface area contributed by atoms with Crippen LogP contribution < -0.4 is 5.46 Å². The summed E-state index contributed by atoms with van der Waals surface area (Å²) < 4.78 is 0. The van der Waals surface area contributed by atoms with Crippen molar-refractivity contribution < 1.29 is 0 Å². The molecule has 0 saturated heterocycles. The van der Waals surface area contributed by atoms with Gasteiger partial charge in [-0.05, 0) is 23.8 Å². The Morgan fingerprint density at radius 1 is 1.08 bits per heavy atom. The molecule has 0 amide bonds. The average Bonchev–Trinajstić information content (AvgIpc) is 2.18. The Bertz CT molecular complexity index is 257. The molecule has 68 valence electrons. The van der Waals surface area contributed by atoms with Crippen molar-refractivity contribution in [3.8, 4) is 0 Å².